The molecule has 0 aliphatic carbocycles. The first-order valence-corrected chi connectivity index (χ1v) is 6.71. The summed E-state index contributed by atoms with van der Waals surface area (Å²) >= 11 is 4.87. The van der Waals surface area contributed by atoms with E-state index in [0.29, 0.717) is 18.0 Å². The van der Waals surface area contributed by atoms with E-state index in [0.717, 1.165) is 28.4 Å². The minimum absolute atomic E-state index is 0.0785. The molecule has 0 fully saturated rings. The second-order valence-electron chi connectivity index (χ2n) is 4.71. The average molecular weight is 270 g/mol. The van der Waals surface area contributed by atoms with Crippen LogP contribution in [0.25, 0.3) is 10.8 Å². The van der Waals surface area contributed by atoms with Gasteiger partial charge in [-0.1, -0.05) is 36.5 Å². The van der Waals surface area contributed by atoms with Crippen molar-refractivity contribution in [2.75, 3.05) is 11.4 Å². The van der Waals surface area contributed by atoms with Gasteiger partial charge in [0.15, 0.2) is 0 Å². The Hall–Kier alpha value is -1.94. The van der Waals surface area contributed by atoms with Gasteiger partial charge in [-0.05, 0) is 30.4 Å². The lowest BCUT2D eigenvalue weighted by Crippen LogP contribution is -2.28. The molecule has 0 radical (unpaired) electrons. The first-order valence-electron chi connectivity index (χ1n) is 6.30. The molecule has 1 heterocycles. The monoisotopic (exact) mass is 270 g/mol. The van der Waals surface area contributed by atoms with Gasteiger partial charge in [0.2, 0.25) is 0 Å². The number of anilines is 1. The van der Waals surface area contributed by atoms with Crippen LogP contribution in [0.2, 0.25) is 0 Å². The molecule has 19 heavy (non-hydrogen) atoms. The predicted octanol–water partition coefficient (Wildman–Crippen LogP) is 2.87. The molecule has 3 nitrogen and oxygen atoms in total. The van der Waals surface area contributed by atoms with Crippen molar-refractivity contribution in [1.29, 1.82) is 0 Å². The van der Waals surface area contributed by atoms with Crippen LogP contribution < -0.4 is 10.6 Å². The van der Waals surface area contributed by atoms with E-state index in [1.165, 1.54) is 0 Å². The van der Waals surface area contributed by atoms with Crippen LogP contribution >= 0.6 is 12.2 Å². The fourth-order valence-corrected chi connectivity index (χ4v) is 2.76. The summed E-state index contributed by atoms with van der Waals surface area (Å²) in [6.45, 7) is 0.657. The van der Waals surface area contributed by atoms with E-state index in [9.17, 15) is 4.79 Å². The third-order valence-electron chi connectivity index (χ3n) is 3.45. The van der Waals surface area contributed by atoms with E-state index in [1.54, 1.807) is 0 Å². The van der Waals surface area contributed by atoms with Gasteiger partial charge in [0, 0.05) is 17.5 Å². The minimum Gasteiger partial charge on any atom is -0.393 e. The van der Waals surface area contributed by atoms with Gasteiger partial charge in [-0.3, -0.25) is 4.79 Å². The van der Waals surface area contributed by atoms with E-state index in [1.807, 2.05) is 41.3 Å². The summed E-state index contributed by atoms with van der Waals surface area (Å²) in [5.41, 5.74) is 7.30. The molecule has 0 saturated heterocycles. The maximum atomic E-state index is 12.4. The van der Waals surface area contributed by atoms with Crippen LogP contribution in [0, 0.1) is 0 Å². The fourth-order valence-electron chi connectivity index (χ4n) is 2.61. The summed E-state index contributed by atoms with van der Waals surface area (Å²) in [6, 6.07) is 11.9. The molecule has 1 amide bonds. The summed E-state index contributed by atoms with van der Waals surface area (Å²) in [7, 11) is 0. The molecular weight excluding hydrogens is 256 g/mol. The van der Waals surface area contributed by atoms with Gasteiger partial charge in [0.1, 0.15) is 0 Å². The molecule has 2 N–H and O–H groups in total. The van der Waals surface area contributed by atoms with Crippen LogP contribution in [0.4, 0.5) is 5.69 Å². The Bertz CT molecular complexity index is 676. The molecule has 4 heteroatoms. The maximum absolute atomic E-state index is 12.4. The van der Waals surface area contributed by atoms with E-state index in [-0.39, 0.29) is 5.91 Å². The number of rotatable bonds is 4. The molecular formula is C15H14N2OS. The van der Waals surface area contributed by atoms with Gasteiger partial charge in [-0.15, -0.1) is 0 Å². The molecule has 1 aliphatic heterocycles. The molecule has 96 valence electrons. The first-order chi connectivity index (χ1) is 9.18. The van der Waals surface area contributed by atoms with Crippen molar-refractivity contribution in [2.24, 2.45) is 5.73 Å². The zero-order valence-electron chi connectivity index (χ0n) is 10.4. The third kappa shape index (κ3) is 1.98. The van der Waals surface area contributed by atoms with Crippen molar-refractivity contribution in [3.8, 4) is 0 Å². The van der Waals surface area contributed by atoms with Crippen molar-refractivity contribution in [2.45, 2.75) is 12.8 Å². The standard InChI is InChI=1S/C15H14N2OS/c16-13(19)8-3-9-17-12-7-2-5-10-4-1-6-11(14(10)12)15(17)18/h1-2,4-7H,3,8-9H2,(H2,16,19). The van der Waals surface area contributed by atoms with Gasteiger partial charge in [-0.2, -0.15) is 0 Å². The van der Waals surface area contributed by atoms with Crippen LogP contribution in [0.15, 0.2) is 36.4 Å². The highest BCUT2D eigenvalue weighted by Gasteiger charge is 2.28. The molecule has 0 bridgehead atoms. The zero-order chi connectivity index (χ0) is 13.4. The highest BCUT2D eigenvalue weighted by molar-refractivity contribution is 7.80. The topological polar surface area (TPSA) is 46.3 Å². The molecule has 0 saturated carbocycles. The van der Waals surface area contributed by atoms with Gasteiger partial charge >= 0.3 is 0 Å². The quantitative estimate of drug-likeness (QED) is 0.869. The molecule has 3 rings (SSSR count). The van der Waals surface area contributed by atoms with Crippen molar-refractivity contribution in [3.63, 3.8) is 0 Å². The number of benzene rings is 2. The first kappa shape index (κ1) is 12.1. The Kier molecular flexibility index (Phi) is 2.95. The van der Waals surface area contributed by atoms with Crippen molar-refractivity contribution >= 4 is 39.6 Å². The van der Waals surface area contributed by atoms with Gasteiger partial charge < -0.3 is 10.6 Å². The van der Waals surface area contributed by atoms with Gasteiger partial charge in [0.05, 0.1) is 10.7 Å². The van der Waals surface area contributed by atoms with E-state index >= 15 is 0 Å². The second kappa shape index (κ2) is 4.63. The average Bonchev–Trinajstić information content (AvgIpc) is 2.67. The van der Waals surface area contributed by atoms with Crippen LogP contribution in [0.1, 0.15) is 23.2 Å². The van der Waals surface area contributed by atoms with Crippen LogP contribution in [-0.4, -0.2) is 17.4 Å². The van der Waals surface area contributed by atoms with Gasteiger partial charge in [-0.25, -0.2) is 0 Å². The SMILES string of the molecule is NC(=S)CCCN1C(=O)c2cccc3cccc1c23. The zero-order valence-corrected chi connectivity index (χ0v) is 11.2. The molecule has 0 spiro atoms. The minimum atomic E-state index is 0.0785. The number of amides is 1. The molecule has 2 aromatic carbocycles. The highest BCUT2D eigenvalue weighted by atomic mass is 32.1. The number of hydrogen-bond donors (Lipinski definition) is 1. The number of carbonyl (C=O) groups excluding carboxylic acids is 1. The largest absolute Gasteiger partial charge is 0.393 e. The van der Waals surface area contributed by atoms with Crippen molar-refractivity contribution in [1.82, 2.24) is 0 Å². The number of carbonyl (C=O) groups is 1. The Morgan fingerprint density at radius 3 is 2.68 bits per heavy atom. The molecule has 0 aromatic heterocycles. The van der Waals surface area contributed by atoms with Crippen molar-refractivity contribution < 1.29 is 4.79 Å². The smallest absolute Gasteiger partial charge is 0.258 e. The lowest BCUT2D eigenvalue weighted by Gasteiger charge is -2.17. The van der Waals surface area contributed by atoms with E-state index in [2.05, 4.69) is 0 Å². The van der Waals surface area contributed by atoms with E-state index in [4.69, 9.17) is 18.0 Å². The lowest BCUT2D eigenvalue weighted by molar-refractivity contribution is 0.0993. The fraction of sp³-hybridized carbons (Fsp3) is 0.200. The molecule has 2 aromatic rings. The summed E-state index contributed by atoms with van der Waals surface area (Å²) < 4.78 is 0. The van der Waals surface area contributed by atoms with Crippen LogP contribution in [0.3, 0.4) is 0 Å². The van der Waals surface area contributed by atoms with Gasteiger partial charge in [0.25, 0.3) is 5.91 Å². The number of hydrogen-bond acceptors (Lipinski definition) is 2. The summed E-state index contributed by atoms with van der Waals surface area (Å²) in [6.07, 6.45) is 1.47. The summed E-state index contributed by atoms with van der Waals surface area (Å²) in [4.78, 5) is 14.7. The van der Waals surface area contributed by atoms with E-state index < -0.39 is 0 Å². The third-order valence-corrected chi connectivity index (χ3v) is 3.66. The second-order valence-corrected chi connectivity index (χ2v) is 5.23. The Morgan fingerprint density at radius 1 is 1.21 bits per heavy atom. The Morgan fingerprint density at radius 2 is 1.95 bits per heavy atom. The number of nitrogens with zero attached hydrogens (tertiary/aromatic N) is 1. The normalized spacial score (nSPS) is 13.3. The maximum Gasteiger partial charge on any atom is 0.258 e. The molecule has 0 atom stereocenters. The van der Waals surface area contributed by atoms with Crippen molar-refractivity contribution in [3.05, 3.63) is 42.0 Å². The Balaban J connectivity index is 1.96. The number of nitrogens with two attached hydrogens (primary N) is 1. The predicted molar refractivity (Wildman–Crippen MR) is 81.6 cm³/mol. The van der Waals surface area contributed by atoms with Crippen LogP contribution in [-0.2, 0) is 0 Å². The summed E-state index contributed by atoms with van der Waals surface area (Å²) in [5.74, 6) is 0.0785. The Labute approximate surface area is 117 Å². The number of thiocarbonyl (C=S) groups is 1. The summed E-state index contributed by atoms with van der Waals surface area (Å²) in [5, 5.41) is 2.17. The molecule has 0 unspecified atom stereocenters. The highest BCUT2D eigenvalue weighted by Crippen LogP contribution is 2.37. The molecule has 1 aliphatic rings. The lowest BCUT2D eigenvalue weighted by atomic mass is 10.1. The van der Waals surface area contributed by atoms with Crippen LogP contribution in [0.5, 0.6) is 0 Å².